The molecule has 0 aromatic heterocycles. The Morgan fingerprint density at radius 2 is 2.12 bits per heavy atom. The molecule has 1 saturated carbocycles. The molecule has 1 aromatic rings. The summed E-state index contributed by atoms with van der Waals surface area (Å²) in [5.41, 5.74) is -0.0514. The summed E-state index contributed by atoms with van der Waals surface area (Å²) in [6, 6.07) is 4.65. The first kappa shape index (κ1) is 11.6. The van der Waals surface area contributed by atoms with Crippen molar-refractivity contribution in [3.63, 3.8) is 0 Å². The molecule has 4 heteroatoms. The van der Waals surface area contributed by atoms with E-state index in [1.165, 1.54) is 12.1 Å². The molecular weight excluding hydrogens is 222 g/mol. The lowest BCUT2D eigenvalue weighted by Gasteiger charge is -2.23. The van der Waals surface area contributed by atoms with Crippen LogP contribution in [0.1, 0.15) is 18.4 Å². The number of halogens is 2. The maximum absolute atomic E-state index is 13.8. The summed E-state index contributed by atoms with van der Waals surface area (Å²) in [6.45, 7) is 4.09. The maximum atomic E-state index is 13.8. The van der Waals surface area contributed by atoms with Gasteiger partial charge < -0.3 is 4.90 Å². The fourth-order valence-electron chi connectivity index (χ4n) is 1.82. The van der Waals surface area contributed by atoms with E-state index in [-0.39, 0.29) is 17.3 Å². The highest BCUT2D eigenvalue weighted by Crippen LogP contribution is 2.34. The predicted molar refractivity (Wildman–Crippen MR) is 61.6 cm³/mol. The molecule has 0 bridgehead atoms. The van der Waals surface area contributed by atoms with Gasteiger partial charge in [0.05, 0.1) is 11.3 Å². The Bertz CT molecular complexity index is 487. The lowest BCUT2D eigenvalue weighted by Crippen LogP contribution is -2.27. The van der Waals surface area contributed by atoms with Crippen molar-refractivity contribution in [1.29, 1.82) is 5.26 Å². The Morgan fingerprint density at radius 3 is 2.65 bits per heavy atom. The lowest BCUT2D eigenvalue weighted by atomic mass is 10.1. The van der Waals surface area contributed by atoms with Crippen molar-refractivity contribution < 1.29 is 8.78 Å². The van der Waals surface area contributed by atoms with Gasteiger partial charge in [0.15, 0.2) is 11.6 Å². The molecule has 0 aliphatic heterocycles. The lowest BCUT2D eigenvalue weighted by molar-refractivity contribution is 0.504. The average molecular weight is 234 g/mol. The second-order valence-corrected chi connectivity index (χ2v) is 4.04. The first-order chi connectivity index (χ1) is 8.19. The topological polar surface area (TPSA) is 27.0 Å². The first-order valence-electron chi connectivity index (χ1n) is 5.44. The number of benzene rings is 1. The van der Waals surface area contributed by atoms with Crippen LogP contribution < -0.4 is 4.90 Å². The molecule has 0 radical (unpaired) electrons. The number of nitriles is 1. The van der Waals surface area contributed by atoms with Gasteiger partial charge in [0.2, 0.25) is 0 Å². The van der Waals surface area contributed by atoms with Crippen molar-refractivity contribution >= 4 is 5.69 Å². The molecule has 1 fully saturated rings. The summed E-state index contributed by atoms with van der Waals surface area (Å²) in [5.74, 6) is -2.02. The largest absolute Gasteiger partial charge is 0.362 e. The van der Waals surface area contributed by atoms with Crippen molar-refractivity contribution in [2.75, 3.05) is 11.4 Å². The van der Waals surface area contributed by atoms with Crippen LogP contribution >= 0.6 is 0 Å². The molecule has 0 unspecified atom stereocenters. The Labute approximate surface area is 98.8 Å². The molecule has 2 rings (SSSR count). The molecule has 0 heterocycles. The van der Waals surface area contributed by atoms with Gasteiger partial charge in [0, 0.05) is 12.6 Å². The van der Waals surface area contributed by atoms with Gasteiger partial charge in [-0.05, 0) is 25.0 Å². The van der Waals surface area contributed by atoms with Crippen molar-refractivity contribution in [1.82, 2.24) is 0 Å². The van der Waals surface area contributed by atoms with E-state index in [2.05, 4.69) is 6.58 Å². The summed E-state index contributed by atoms with van der Waals surface area (Å²) in [6.07, 6.45) is 3.62. The number of hydrogen-bond donors (Lipinski definition) is 0. The Kier molecular flexibility index (Phi) is 3.10. The predicted octanol–water partition coefficient (Wildman–Crippen LogP) is 2.99. The maximum Gasteiger partial charge on any atom is 0.183 e. The molecule has 1 aromatic carbocycles. The molecule has 2 nitrogen and oxygen atoms in total. The van der Waals surface area contributed by atoms with E-state index in [0.29, 0.717) is 6.54 Å². The van der Waals surface area contributed by atoms with Crippen LogP contribution in [0.5, 0.6) is 0 Å². The second kappa shape index (κ2) is 4.54. The second-order valence-electron chi connectivity index (χ2n) is 4.04. The van der Waals surface area contributed by atoms with E-state index in [1.807, 2.05) is 0 Å². The van der Waals surface area contributed by atoms with Crippen LogP contribution in [0.2, 0.25) is 0 Å². The first-order valence-corrected chi connectivity index (χ1v) is 5.44. The third kappa shape index (κ3) is 2.14. The van der Waals surface area contributed by atoms with Crippen LogP contribution in [0.15, 0.2) is 24.8 Å². The standard InChI is InChI=1S/C13H12F2N2/c1-2-7-17(10-4-5-10)11-6-3-9(8-16)12(14)13(11)15/h2-3,6,10H,1,4-5,7H2. The Morgan fingerprint density at radius 1 is 1.41 bits per heavy atom. The van der Waals surface area contributed by atoms with Gasteiger partial charge in [-0.2, -0.15) is 5.26 Å². The molecule has 0 amide bonds. The van der Waals surface area contributed by atoms with Crippen LogP contribution in [0.3, 0.4) is 0 Å². The van der Waals surface area contributed by atoms with Gasteiger partial charge in [-0.15, -0.1) is 6.58 Å². The highest BCUT2D eigenvalue weighted by molar-refractivity contribution is 5.54. The van der Waals surface area contributed by atoms with Gasteiger partial charge in [0.1, 0.15) is 6.07 Å². The zero-order chi connectivity index (χ0) is 12.4. The highest BCUT2D eigenvalue weighted by Gasteiger charge is 2.31. The Hall–Kier alpha value is -1.89. The van der Waals surface area contributed by atoms with E-state index in [9.17, 15) is 8.78 Å². The summed E-state index contributed by atoms with van der Waals surface area (Å²) >= 11 is 0. The molecule has 88 valence electrons. The van der Waals surface area contributed by atoms with E-state index in [1.54, 1.807) is 17.0 Å². The summed E-state index contributed by atoms with van der Waals surface area (Å²) in [4.78, 5) is 1.78. The molecule has 0 atom stereocenters. The van der Waals surface area contributed by atoms with Crippen molar-refractivity contribution in [2.45, 2.75) is 18.9 Å². The van der Waals surface area contributed by atoms with Crippen molar-refractivity contribution in [2.24, 2.45) is 0 Å². The molecule has 0 N–H and O–H groups in total. The SMILES string of the molecule is C=CCN(c1ccc(C#N)c(F)c1F)C1CC1. The van der Waals surface area contributed by atoms with E-state index >= 15 is 0 Å². The Balaban J connectivity index is 2.40. The monoisotopic (exact) mass is 234 g/mol. The number of rotatable bonds is 4. The molecule has 0 saturated heterocycles. The number of anilines is 1. The fourth-order valence-corrected chi connectivity index (χ4v) is 1.82. The van der Waals surface area contributed by atoms with Gasteiger partial charge in [0.25, 0.3) is 0 Å². The normalized spacial score (nSPS) is 14.2. The number of nitrogens with zero attached hydrogens (tertiary/aromatic N) is 2. The van der Waals surface area contributed by atoms with Crippen LogP contribution in [0, 0.1) is 23.0 Å². The molecule has 1 aliphatic rings. The quantitative estimate of drug-likeness (QED) is 0.749. The molecule has 17 heavy (non-hydrogen) atoms. The van der Waals surface area contributed by atoms with Crippen LogP contribution in [0.25, 0.3) is 0 Å². The van der Waals surface area contributed by atoms with Crippen LogP contribution in [0.4, 0.5) is 14.5 Å². The van der Waals surface area contributed by atoms with E-state index in [4.69, 9.17) is 5.26 Å². The highest BCUT2D eigenvalue weighted by atomic mass is 19.2. The van der Waals surface area contributed by atoms with Gasteiger partial charge in [-0.3, -0.25) is 0 Å². The zero-order valence-corrected chi connectivity index (χ0v) is 9.29. The summed E-state index contributed by atoms with van der Waals surface area (Å²) < 4.78 is 27.3. The zero-order valence-electron chi connectivity index (χ0n) is 9.29. The minimum atomic E-state index is -1.07. The van der Waals surface area contributed by atoms with Gasteiger partial charge in [-0.1, -0.05) is 6.08 Å². The number of hydrogen-bond acceptors (Lipinski definition) is 2. The third-order valence-electron chi connectivity index (χ3n) is 2.81. The van der Waals surface area contributed by atoms with Crippen LogP contribution in [-0.4, -0.2) is 12.6 Å². The molecular formula is C13H12F2N2. The fraction of sp³-hybridized carbons (Fsp3) is 0.308. The van der Waals surface area contributed by atoms with Gasteiger partial charge >= 0.3 is 0 Å². The average Bonchev–Trinajstić information content (AvgIpc) is 3.14. The van der Waals surface area contributed by atoms with Crippen molar-refractivity contribution in [3.8, 4) is 6.07 Å². The van der Waals surface area contributed by atoms with Crippen molar-refractivity contribution in [3.05, 3.63) is 42.0 Å². The third-order valence-corrected chi connectivity index (χ3v) is 2.81. The minimum Gasteiger partial charge on any atom is -0.362 e. The minimum absolute atomic E-state index is 0.212. The smallest absolute Gasteiger partial charge is 0.183 e. The molecule has 0 spiro atoms. The summed E-state index contributed by atoms with van der Waals surface area (Å²) in [7, 11) is 0. The van der Waals surface area contributed by atoms with E-state index in [0.717, 1.165) is 12.8 Å². The van der Waals surface area contributed by atoms with Crippen LogP contribution in [-0.2, 0) is 0 Å². The van der Waals surface area contributed by atoms with E-state index < -0.39 is 11.6 Å². The van der Waals surface area contributed by atoms with Gasteiger partial charge in [-0.25, -0.2) is 8.78 Å². The summed E-state index contributed by atoms with van der Waals surface area (Å²) in [5, 5.41) is 8.61. The molecule has 1 aliphatic carbocycles.